The molecule has 0 radical (unpaired) electrons. The Bertz CT molecular complexity index is 632. The first-order chi connectivity index (χ1) is 12.0. The third kappa shape index (κ3) is 4.91. The highest BCUT2D eigenvalue weighted by Gasteiger charge is 2.18. The molecule has 138 valence electrons. The number of unbranched alkanes of at least 4 members (excludes halogenated alkanes) is 1. The summed E-state index contributed by atoms with van der Waals surface area (Å²) in [6.07, 6.45) is 3.29. The molecular formula is C20H31N3O2. The van der Waals surface area contributed by atoms with Gasteiger partial charge in [0.05, 0.1) is 12.7 Å². The van der Waals surface area contributed by atoms with Gasteiger partial charge < -0.3 is 14.8 Å². The number of aliphatic hydroxyl groups excluding tert-OH is 2. The van der Waals surface area contributed by atoms with Crippen molar-refractivity contribution in [2.24, 2.45) is 0 Å². The van der Waals surface area contributed by atoms with Gasteiger partial charge in [-0.1, -0.05) is 19.4 Å². The Kier molecular flexibility index (Phi) is 7.17. The van der Waals surface area contributed by atoms with E-state index in [0.29, 0.717) is 6.54 Å². The fraction of sp³-hybridized carbons (Fsp3) is 0.550. The second kappa shape index (κ2) is 9.13. The molecule has 0 aliphatic carbocycles. The standard InChI is InChI=1S/C20H31N3O2/c1-5-6-11-22(17(4)14-24)13-19(25)18-9-10-20(21-12-18)23-15(2)7-8-16(23)3/h7-10,12,17,19,24-25H,5-6,11,13-14H2,1-4H3/t17-,19-/m0/s1. The minimum atomic E-state index is -0.612. The second-order valence-electron chi connectivity index (χ2n) is 6.80. The van der Waals surface area contributed by atoms with E-state index in [2.05, 4.69) is 47.4 Å². The Hall–Kier alpha value is -1.69. The maximum atomic E-state index is 10.6. The van der Waals surface area contributed by atoms with Crippen LogP contribution in [0.4, 0.5) is 0 Å². The average Bonchev–Trinajstić information content (AvgIpc) is 2.96. The summed E-state index contributed by atoms with van der Waals surface area (Å²) in [6, 6.07) is 8.07. The summed E-state index contributed by atoms with van der Waals surface area (Å²) in [4.78, 5) is 6.67. The lowest BCUT2D eigenvalue weighted by Gasteiger charge is -2.29. The van der Waals surface area contributed by atoms with Crippen LogP contribution < -0.4 is 0 Å². The molecule has 2 atom stereocenters. The lowest BCUT2D eigenvalue weighted by molar-refractivity contribution is 0.0674. The molecule has 25 heavy (non-hydrogen) atoms. The maximum absolute atomic E-state index is 10.6. The van der Waals surface area contributed by atoms with Gasteiger partial charge in [-0.15, -0.1) is 0 Å². The summed E-state index contributed by atoms with van der Waals surface area (Å²) in [7, 11) is 0. The lowest BCUT2D eigenvalue weighted by Crippen LogP contribution is -2.39. The SMILES string of the molecule is CCCCN(C[C@H](O)c1ccc(-n2c(C)ccc2C)nc1)[C@@H](C)CO. The fourth-order valence-corrected chi connectivity index (χ4v) is 3.05. The summed E-state index contributed by atoms with van der Waals surface area (Å²) in [5, 5.41) is 20.0. The molecule has 5 nitrogen and oxygen atoms in total. The van der Waals surface area contributed by atoms with Crippen LogP contribution in [-0.4, -0.2) is 50.4 Å². The van der Waals surface area contributed by atoms with Crippen LogP contribution in [0.2, 0.25) is 0 Å². The van der Waals surface area contributed by atoms with E-state index in [1.54, 1.807) is 6.20 Å². The second-order valence-corrected chi connectivity index (χ2v) is 6.80. The molecule has 5 heteroatoms. The number of aliphatic hydroxyl groups is 2. The molecule has 2 heterocycles. The van der Waals surface area contributed by atoms with Crippen molar-refractivity contribution in [1.29, 1.82) is 0 Å². The average molecular weight is 345 g/mol. The number of aryl methyl sites for hydroxylation is 2. The fourth-order valence-electron chi connectivity index (χ4n) is 3.05. The highest BCUT2D eigenvalue weighted by atomic mass is 16.3. The molecule has 0 aliphatic heterocycles. The molecule has 2 aromatic rings. The monoisotopic (exact) mass is 345 g/mol. The predicted molar refractivity (Wildman–Crippen MR) is 101 cm³/mol. The van der Waals surface area contributed by atoms with E-state index in [9.17, 15) is 10.2 Å². The molecule has 0 aliphatic rings. The summed E-state index contributed by atoms with van der Waals surface area (Å²) in [6.45, 7) is 9.72. The van der Waals surface area contributed by atoms with Crippen molar-refractivity contribution >= 4 is 0 Å². The van der Waals surface area contributed by atoms with Crippen LogP contribution in [0.5, 0.6) is 0 Å². The van der Waals surface area contributed by atoms with Crippen LogP contribution in [-0.2, 0) is 0 Å². The zero-order chi connectivity index (χ0) is 18.4. The van der Waals surface area contributed by atoms with E-state index in [0.717, 1.165) is 42.2 Å². The highest BCUT2D eigenvalue weighted by Crippen LogP contribution is 2.19. The highest BCUT2D eigenvalue weighted by molar-refractivity contribution is 5.33. The number of hydrogen-bond donors (Lipinski definition) is 2. The Balaban J connectivity index is 2.10. The normalized spacial score (nSPS) is 14.0. The molecule has 0 unspecified atom stereocenters. The number of pyridine rings is 1. The third-order valence-corrected chi connectivity index (χ3v) is 4.75. The lowest BCUT2D eigenvalue weighted by atomic mass is 10.1. The van der Waals surface area contributed by atoms with Crippen LogP contribution >= 0.6 is 0 Å². The van der Waals surface area contributed by atoms with Crippen LogP contribution in [0.3, 0.4) is 0 Å². The van der Waals surface area contributed by atoms with Crippen molar-refractivity contribution in [1.82, 2.24) is 14.5 Å². The van der Waals surface area contributed by atoms with E-state index in [1.165, 1.54) is 0 Å². The van der Waals surface area contributed by atoms with Crippen molar-refractivity contribution in [2.45, 2.75) is 52.7 Å². The van der Waals surface area contributed by atoms with Crippen molar-refractivity contribution in [3.63, 3.8) is 0 Å². The van der Waals surface area contributed by atoms with Crippen LogP contribution in [0.15, 0.2) is 30.5 Å². The van der Waals surface area contributed by atoms with Gasteiger partial charge in [-0.25, -0.2) is 4.98 Å². The van der Waals surface area contributed by atoms with Crippen molar-refractivity contribution in [3.8, 4) is 5.82 Å². The van der Waals surface area contributed by atoms with Gasteiger partial charge in [-0.05, 0) is 51.9 Å². The molecule has 0 saturated heterocycles. The molecule has 0 bridgehead atoms. The summed E-state index contributed by atoms with van der Waals surface area (Å²) in [5.41, 5.74) is 3.08. The zero-order valence-corrected chi connectivity index (χ0v) is 15.8. The Morgan fingerprint density at radius 1 is 1.16 bits per heavy atom. The van der Waals surface area contributed by atoms with Gasteiger partial charge in [0.2, 0.25) is 0 Å². The smallest absolute Gasteiger partial charge is 0.136 e. The largest absolute Gasteiger partial charge is 0.395 e. The number of rotatable bonds is 9. The van der Waals surface area contributed by atoms with Gasteiger partial charge in [0.25, 0.3) is 0 Å². The van der Waals surface area contributed by atoms with Gasteiger partial charge in [-0.2, -0.15) is 0 Å². The van der Waals surface area contributed by atoms with Gasteiger partial charge >= 0.3 is 0 Å². The zero-order valence-electron chi connectivity index (χ0n) is 15.8. The molecule has 2 aromatic heterocycles. The van der Waals surface area contributed by atoms with Crippen LogP contribution in [0.25, 0.3) is 5.82 Å². The molecule has 0 fully saturated rings. The van der Waals surface area contributed by atoms with Crippen molar-refractivity contribution < 1.29 is 10.2 Å². The number of hydrogen-bond acceptors (Lipinski definition) is 4. The summed E-state index contributed by atoms with van der Waals surface area (Å²) < 4.78 is 2.09. The molecule has 0 aromatic carbocycles. The Morgan fingerprint density at radius 3 is 2.36 bits per heavy atom. The van der Waals surface area contributed by atoms with Crippen LogP contribution in [0.1, 0.15) is 49.7 Å². The van der Waals surface area contributed by atoms with Crippen LogP contribution in [0, 0.1) is 13.8 Å². The topological polar surface area (TPSA) is 61.5 Å². The third-order valence-electron chi connectivity index (χ3n) is 4.75. The van der Waals surface area contributed by atoms with Gasteiger partial charge in [0.1, 0.15) is 5.82 Å². The quantitative estimate of drug-likeness (QED) is 0.733. The first-order valence-corrected chi connectivity index (χ1v) is 9.12. The molecule has 0 saturated carbocycles. The maximum Gasteiger partial charge on any atom is 0.136 e. The molecule has 2 N–H and O–H groups in total. The van der Waals surface area contributed by atoms with Crippen molar-refractivity contribution in [2.75, 3.05) is 19.7 Å². The summed E-state index contributed by atoms with van der Waals surface area (Å²) >= 11 is 0. The van der Waals surface area contributed by atoms with E-state index < -0.39 is 6.10 Å². The molecule has 0 amide bonds. The minimum Gasteiger partial charge on any atom is -0.395 e. The molecule has 2 rings (SSSR count). The minimum absolute atomic E-state index is 0.0404. The number of nitrogens with zero attached hydrogens (tertiary/aromatic N) is 3. The van der Waals surface area contributed by atoms with E-state index >= 15 is 0 Å². The van der Waals surface area contributed by atoms with Gasteiger partial charge in [-0.3, -0.25) is 4.90 Å². The summed E-state index contributed by atoms with van der Waals surface area (Å²) in [5.74, 6) is 0.863. The van der Waals surface area contributed by atoms with Gasteiger partial charge in [0.15, 0.2) is 0 Å². The predicted octanol–water partition coefficient (Wildman–Crippen LogP) is 3.01. The van der Waals surface area contributed by atoms with E-state index in [4.69, 9.17) is 0 Å². The van der Waals surface area contributed by atoms with E-state index in [1.807, 2.05) is 19.1 Å². The molecule has 0 spiro atoms. The Morgan fingerprint density at radius 2 is 1.84 bits per heavy atom. The van der Waals surface area contributed by atoms with Gasteiger partial charge in [0, 0.05) is 35.7 Å². The number of aromatic nitrogens is 2. The first kappa shape index (κ1) is 19.6. The first-order valence-electron chi connectivity index (χ1n) is 9.12. The van der Waals surface area contributed by atoms with Crippen molar-refractivity contribution in [3.05, 3.63) is 47.4 Å². The Labute approximate surface area is 150 Å². The van der Waals surface area contributed by atoms with E-state index in [-0.39, 0.29) is 12.6 Å². The molecular weight excluding hydrogens is 314 g/mol.